The summed E-state index contributed by atoms with van der Waals surface area (Å²) in [4.78, 5) is 11.1. The van der Waals surface area contributed by atoms with Gasteiger partial charge in [0.2, 0.25) is 0 Å². The van der Waals surface area contributed by atoms with Crippen LogP contribution in [-0.4, -0.2) is 17.2 Å². The van der Waals surface area contributed by atoms with Crippen LogP contribution in [0, 0.1) is 5.92 Å². The summed E-state index contributed by atoms with van der Waals surface area (Å²) >= 11 is 0. The average molecular weight is 270 g/mol. The second-order valence-corrected chi connectivity index (χ2v) is 5.42. The van der Waals surface area contributed by atoms with E-state index in [4.69, 9.17) is 9.84 Å². The molecule has 2 atom stereocenters. The average Bonchev–Trinajstić information content (AvgIpc) is 2.48. The molecule has 2 aromatic carbocycles. The van der Waals surface area contributed by atoms with Crippen molar-refractivity contribution in [2.45, 2.75) is 31.8 Å². The van der Waals surface area contributed by atoms with E-state index in [9.17, 15) is 4.79 Å². The lowest BCUT2D eigenvalue weighted by Gasteiger charge is -2.27. The monoisotopic (exact) mass is 270 g/mol. The van der Waals surface area contributed by atoms with Crippen LogP contribution in [0.4, 0.5) is 0 Å². The van der Waals surface area contributed by atoms with Gasteiger partial charge in [-0.2, -0.15) is 0 Å². The normalized spacial score (nSPS) is 22.6. The topological polar surface area (TPSA) is 46.5 Å². The molecular weight excluding hydrogens is 252 g/mol. The van der Waals surface area contributed by atoms with Gasteiger partial charge in [-0.05, 0) is 37.1 Å². The summed E-state index contributed by atoms with van der Waals surface area (Å²) in [5.74, 6) is -0.0981. The summed E-state index contributed by atoms with van der Waals surface area (Å²) < 4.78 is 6.09. The molecule has 1 aliphatic rings. The van der Waals surface area contributed by atoms with Gasteiger partial charge in [0, 0.05) is 5.39 Å². The van der Waals surface area contributed by atoms with Crippen LogP contribution in [0.5, 0.6) is 5.75 Å². The molecule has 1 fully saturated rings. The lowest BCUT2D eigenvalue weighted by molar-refractivity contribution is -0.143. The molecule has 3 rings (SSSR count). The fourth-order valence-corrected chi connectivity index (χ4v) is 2.95. The van der Waals surface area contributed by atoms with E-state index in [0.29, 0.717) is 6.42 Å². The van der Waals surface area contributed by atoms with E-state index < -0.39 is 5.97 Å². The molecule has 0 spiro atoms. The zero-order chi connectivity index (χ0) is 13.9. The van der Waals surface area contributed by atoms with Gasteiger partial charge in [0.15, 0.2) is 0 Å². The molecule has 0 aliphatic heterocycles. The highest BCUT2D eigenvalue weighted by molar-refractivity contribution is 5.88. The number of carboxylic acid groups (broad SMARTS) is 1. The van der Waals surface area contributed by atoms with Crippen LogP contribution < -0.4 is 4.74 Å². The third-order valence-electron chi connectivity index (χ3n) is 4.02. The quantitative estimate of drug-likeness (QED) is 0.921. The molecule has 1 N–H and O–H groups in total. The van der Waals surface area contributed by atoms with Gasteiger partial charge in [-0.3, -0.25) is 4.79 Å². The van der Waals surface area contributed by atoms with E-state index in [0.717, 1.165) is 35.8 Å². The molecule has 3 nitrogen and oxygen atoms in total. The maximum Gasteiger partial charge on any atom is 0.306 e. The Bertz CT molecular complexity index is 615. The summed E-state index contributed by atoms with van der Waals surface area (Å²) in [5, 5.41) is 11.4. The van der Waals surface area contributed by atoms with E-state index in [1.807, 2.05) is 30.3 Å². The summed E-state index contributed by atoms with van der Waals surface area (Å²) in [7, 11) is 0. The van der Waals surface area contributed by atoms with Crippen molar-refractivity contribution in [3.05, 3.63) is 42.5 Å². The summed E-state index contributed by atoms with van der Waals surface area (Å²) in [5.41, 5.74) is 0. The first-order valence-corrected chi connectivity index (χ1v) is 7.11. The zero-order valence-electron chi connectivity index (χ0n) is 11.3. The van der Waals surface area contributed by atoms with Gasteiger partial charge in [-0.15, -0.1) is 0 Å². The molecule has 2 aromatic rings. The van der Waals surface area contributed by atoms with Crippen molar-refractivity contribution in [1.29, 1.82) is 0 Å². The van der Waals surface area contributed by atoms with Crippen LogP contribution in [0.3, 0.4) is 0 Å². The molecule has 1 aliphatic carbocycles. The molecule has 1 unspecified atom stereocenters. The smallest absolute Gasteiger partial charge is 0.306 e. The van der Waals surface area contributed by atoms with Crippen molar-refractivity contribution < 1.29 is 14.6 Å². The Morgan fingerprint density at radius 2 is 1.90 bits per heavy atom. The molecular formula is C17H18O3. The van der Waals surface area contributed by atoms with Crippen LogP contribution in [0.15, 0.2) is 42.5 Å². The van der Waals surface area contributed by atoms with E-state index >= 15 is 0 Å². The highest BCUT2D eigenvalue weighted by Crippen LogP contribution is 2.31. The minimum absolute atomic E-state index is 0.00987. The van der Waals surface area contributed by atoms with Gasteiger partial charge in [-0.1, -0.05) is 36.4 Å². The molecule has 104 valence electrons. The van der Waals surface area contributed by atoms with Crippen LogP contribution in [-0.2, 0) is 4.79 Å². The number of benzene rings is 2. The Labute approximate surface area is 118 Å². The van der Waals surface area contributed by atoms with Crippen molar-refractivity contribution in [1.82, 2.24) is 0 Å². The Kier molecular flexibility index (Phi) is 3.59. The standard InChI is InChI=1S/C17H18O3/c18-17(19)13-7-3-8-14(11-13)20-16-10-4-6-12-5-1-2-9-15(12)16/h1-2,4-6,9-10,13-14H,3,7-8,11H2,(H,18,19)/t13-,14?/m1/s1. The Balaban J connectivity index is 1.81. The molecule has 3 heteroatoms. The van der Waals surface area contributed by atoms with Crippen molar-refractivity contribution >= 4 is 16.7 Å². The molecule has 20 heavy (non-hydrogen) atoms. The Hall–Kier alpha value is -2.03. The predicted molar refractivity (Wildman–Crippen MR) is 78.0 cm³/mol. The van der Waals surface area contributed by atoms with Crippen molar-refractivity contribution in [3.8, 4) is 5.75 Å². The predicted octanol–water partition coefficient (Wildman–Crippen LogP) is 3.86. The Morgan fingerprint density at radius 3 is 2.75 bits per heavy atom. The highest BCUT2D eigenvalue weighted by Gasteiger charge is 2.28. The lowest BCUT2D eigenvalue weighted by Crippen LogP contribution is -2.29. The first-order chi connectivity index (χ1) is 9.74. The van der Waals surface area contributed by atoms with E-state index in [1.54, 1.807) is 0 Å². The number of rotatable bonds is 3. The van der Waals surface area contributed by atoms with Crippen LogP contribution in [0.1, 0.15) is 25.7 Å². The maximum absolute atomic E-state index is 11.1. The third kappa shape index (κ3) is 2.62. The van der Waals surface area contributed by atoms with Gasteiger partial charge in [0.1, 0.15) is 5.75 Å². The van der Waals surface area contributed by atoms with Gasteiger partial charge in [-0.25, -0.2) is 0 Å². The van der Waals surface area contributed by atoms with Crippen molar-refractivity contribution in [2.24, 2.45) is 5.92 Å². The van der Waals surface area contributed by atoms with Crippen LogP contribution >= 0.6 is 0 Å². The number of hydrogen-bond acceptors (Lipinski definition) is 2. The fourth-order valence-electron chi connectivity index (χ4n) is 2.95. The van der Waals surface area contributed by atoms with Crippen molar-refractivity contribution in [3.63, 3.8) is 0 Å². The zero-order valence-corrected chi connectivity index (χ0v) is 11.3. The number of fused-ring (bicyclic) bond motifs is 1. The van der Waals surface area contributed by atoms with Crippen LogP contribution in [0.25, 0.3) is 10.8 Å². The molecule has 1 saturated carbocycles. The number of aliphatic carboxylic acids is 1. The summed E-state index contributed by atoms with van der Waals surface area (Å²) in [6.07, 6.45) is 3.25. The van der Waals surface area contributed by atoms with E-state index in [1.165, 1.54) is 0 Å². The lowest BCUT2D eigenvalue weighted by atomic mass is 9.87. The number of ether oxygens (including phenoxy) is 1. The molecule has 0 heterocycles. The van der Waals surface area contributed by atoms with Crippen molar-refractivity contribution in [2.75, 3.05) is 0 Å². The fraction of sp³-hybridized carbons (Fsp3) is 0.353. The maximum atomic E-state index is 11.1. The molecule has 0 saturated heterocycles. The number of hydrogen-bond donors (Lipinski definition) is 1. The number of carbonyl (C=O) groups is 1. The SMILES string of the molecule is O=C(O)[C@@H]1CCCC(Oc2cccc3ccccc23)C1. The largest absolute Gasteiger partial charge is 0.490 e. The Morgan fingerprint density at radius 1 is 1.10 bits per heavy atom. The second-order valence-electron chi connectivity index (χ2n) is 5.42. The molecule has 0 bridgehead atoms. The third-order valence-corrected chi connectivity index (χ3v) is 4.02. The van der Waals surface area contributed by atoms with Gasteiger partial charge >= 0.3 is 5.97 Å². The summed E-state index contributed by atoms with van der Waals surface area (Å²) in [6, 6.07) is 14.1. The number of carboxylic acids is 1. The second kappa shape index (κ2) is 5.53. The van der Waals surface area contributed by atoms with Gasteiger partial charge < -0.3 is 9.84 Å². The minimum atomic E-state index is -0.698. The van der Waals surface area contributed by atoms with Crippen LogP contribution in [0.2, 0.25) is 0 Å². The first-order valence-electron chi connectivity index (χ1n) is 7.11. The molecule has 0 radical (unpaired) electrons. The van der Waals surface area contributed by atoms with E-state index in [-0.39, 0.29) is 12.0 Å². The minimum Gasteiger partial charge on any atom is -0.490 e. The highest BCUT2D eigenvalue weighted by atomic mass is 16.5. The molecule has 0 amide bonds. The summed E-state index contributed by atoms with van der Waals surface area (Å²) in [6.45, 7) is 0. The van der Waals surface area contributed by atoms with Gasteiger partial charge in [0.25, 0.3) is 0 Å². The van der Waals surface area contributed by atoms with E-state index in [2.05, 4.69) is 12.1 Å². The molecule has 0 aromatic heterocycles. The first kappa shape index (κ1) is 13.0. The van der Waals surface area contributed by atoms with Gasteiger partial charge in [0.05, 0.1) is 12.0 Å².